The van der Waals surface area contributed by atoms with E-state index >= 15 is 0 Å². The molecule has 0 spiro atoms. The monoisotopic (exact) mass is 346 g/mol. The zero-order chi connectivity index (χ0) is 18.1. The van der Waals surface area contributed by atoms with Gasteiger partial charge in [-0.1, -0.05) is 18.2 Å². The molecule has 8 nitrogen and oxygen atoms in total. The quantitative estimate of drug-likeness (QED) is 0.519. The van der Waals surface area contributed by atoms with Crippen LogP contribution in [-0.4, -0.2) is 24.5 Å². The number of para-hydroxylation sites is 1. The number of hydrogen-bond donors (Lipinski definition) is 3. The molecule has 0 fully saturated rings. The Morgan fingerprint density at radius 1 is 1.00 bits per heavy atom. The van der Waals surface area contributed by atoms with Gasteiger partial charge in [-0.25, -0.2) is 9.97 Å². The Labute approximate surface area is 149 Å². The summed E-state index contributed by atoms with van der Waals surface area (Å²) in [5.74, 6) is 1.78. The second-order valence-electron chi connectivity index (χ2n) is 5.89. The molecule has 1 atom stereocenters. The summed E-state index contributed by atoms with van der Waals surface area (Å²) in [6, 6.07) is 15.3. The minimum Gasteiger partial charge on any atom is -0.383 e. The van der Waals surface area contributed by atoms with Crippen LogP contribution in [0.1, 0.15) is 18.8 Å². The van der Waals surface area contributed by atoms with Gasteiger partial charge in [-0.15, -0.1) is 0 Å². The summed E-state index contributed by atoms with van der Waals surface area (Å²) >= 11 is 0. The molecule has 5 N–H and O–H groups in total. The van der Waals surface area contributed by atoms with Crippen molar-refractivity contribution in [2.45, 2.75) is 13.0 Å². The first-order chi connectivity index (χ1) is 12.6. The van der Waals surface area contributed by atoms with Gasteiger partial charge in [-0.05, 0) is 31.2 Å². The summed E-state index contributed by atoms with van der Waals surface area (Å²) in [7, 11) is 0. The van der Waals surface area contributed by atoms with Crippen LogP contribution in [0.3, 0.4) is 0 Å². The van der Waals surface area contributed by atoms with Crippen LogP contribution in [0.25, 0.3) is 16.9 Å². The third-order valence-corrected chi connectivity index (χ3v) is 3.97. The van der Waals surface area contributed by atoms with Crippen molar-refractivity contribution in [1.29, 1.82) is 0 Å². The Hall–Kier alpha value is -3.68. The van der Waals surface area contributed by atoms with E-state index in [0.717, 1.165) is 22.7 Å². The van der Waals surface area contributed by atoms with Gasteiger partial charge in [0.15, 0.2) is 5.65 Å². The fraction of sp³-hybridized carbons (Fsp3) is 0.111. The number of anilines is 3. The molecule has 26 heavy (non-hydrogen) atoms. The highest BCUT2D eigenvalue weighted by molar-refractivity contribution is 5.74. The number of hydrogen-bond acceptors (Lipinski definition) is 7. The van der Waals surface area contributed by atoms with Crippen molar-refractivity contribution >= 4 is 28.7 Å². The van der Waals surface area contributed by atoms with E-state index in [2.05, 4.69) is 20.3 Å². The molecule has 0 amide bonds. The molecule has 4 aromatic rings. The lowest BCUT2D eigenvalue weighted by Crippen LogP contribution is -2.15. The highest BCUT2D eigenvalue weighted by atomic mass is 15.2. The van der Waals surface area contributed by atoms with E-state index in [1.807, 2.05) is 54.0 Å². The Kier molecular flexibility index (Phi) is 3.85. The lowest BCUT2D eigenvalue weighted by Gasteiger charge is -2.17. The molecule has 0 saturated carbocycles. The summed E-state index contributed by atoms with van der Waals surface area (Å²) in [6.07, 6.45) is 1.76. The Morgan fingerprint density at radius 2 is 1.81 bits per heavy atom. The first-order valence-electron chi connectivity index (χ1n) is 8.17. The van der Waals surface area contributed by atoms with E-state index < -0.39 is 0 Å². The summed E-state index contributed by atoms with van der Waals surface area (Å²) in [6.45, 7) is 2.00. The number of imidazole rings is 1. The third-order valence-electron chi connectivity index (χ3n) is 3.97. The molecule has 130 valence electrons. The molecular weight excluding hydrogens is 328 g/mol. The number of nitrogens with zero attached hydrogens (tertiary/aromatic N) is 5. The number of pyridine rings is 1. The van der Waals surface area contributed by atoms with Crippen LogP contribution >= 0.6 is 0 Å². The summed E-state index contributed by atoms with van der Waals surface area (Å²) < 4.78 is 2.03. The lowest BCUT2D eigenvalue weighted by atomic mass is 10.2. The molecule has 0 aliphatic heterocycles. The van der Waals surface area contributed by atoms with Gasteiger partial charge < -0.3 is 16.8 Å². The topological polar surface area (TPSA) is 121 Å². The fourth-order valence-electron chi connectivity index (χ4n) is 2.90. The van der Waals surface area contributed by atoms with Crippen molar-refractivity contribution in [2.75, 3.05) is 16.8 Å². The van der Waals surface area contributed by atoms with Gasteiger partial charge in [0.1, 0.15) is 23.0 Å². The predicted octanol–water partition coefficient (Wildman–Crippen LogP) is 2.55. The second kappa shape index (κ2) is 6.32. The first-order valence-corrected chi connectivity index (χ1v) is 8.17. The lowest BCUT2D eigenvalue weighted by molar-refractivity contribution is 0.766. The SMILES string of the molecule is C[C@H](Nc1cc(N)nc(N)n1)c1nc2cccnc2n1-c1ccccc1. The van der Waals surface area contributed by atoms with Crippen LogP contribution in [0.4, 0.5) is 17.6 Å². The number of rotatable bonds is 4. The van der Waals surface area contributed by atoms with Crippen molar-refractivity contribution in [3.63, 3.8) is 0 Å². The van der Waals surface area contributed by atoms with Gasteiger partial charge in [-0.3, -0.25) is 4.57 Å². The van der Waals surface area contributed by atoms with Crippen molar-refractivity contribution in [3.8, 4) is 5.69 Å². The highest BCUT2D eigenvalue weighted by Crippen LogP contribution is 2.26. The number of nitrogen functional groups attached to an aromatic ring is 2. The molecule has 1 aromatic carbocycles. The van der Waals surface area contributed by atoms with Crippen LogP contribution in [0.5, 0.6) is 0 Å². The molecule has 0 bridgehead atoms. The minimum atomic E-state index is -0.168. The van der Waals surface area contributed by atoms with Crippen molar-refractivity contribution in [1.82, 2.24) is 24.5 Å². The van der Waals surface area contributed by atoms with Crippen molar-refractivity contribution in [2.24, 2.45) is 0 Å². The van der Waals surface area contributed by atoms with E-state index in [9.17, 15) is 0 Å². The fourth-order valence-corrected chi connectivity index (χ4v) is 2.90. The third kappa shape index (κ3) is 2.88. The maximum absolute atomic E-state index is 5.75. The predicted molar refractivity (Wildman–Crippen MR) is 102 cm³/mol. The van der Waals surface area contributed by atoms with E-state index in [-0.39, 0.29) is 12.0 Å². The zero-order valence-corrected chi connectivity index (χ0v) is 14.2. The Bertz CT molecular complexity index is 1040. The van der Waals surface area contributed by atoms with Gasteiger partial charge in [0.05, 0.1) is 6.04 Å². The number of benzene rings is 1. The van der Waals surface area contributed by atoms with E-state index in [1.54, 1.807) is 12.3 Å². The molecule has 4 rings (SSSR count). The normalized spacial score (nSPS) is 12.2. The number of nitrogens with two attached hydrogens (primary N) is 2. The van der Waals surface area contributed by atoms with Crippen LogP contribution in [-0.2, 0) is 0 Å². The molecule has 0 aliphatic carbocycles. The maximum Gasteiger partial charge on any atom is 0.223 e. The van der Waals surface area contributed by atoms with Crippen LogP contribution in [0.15, 0.2) is 54.7 Å². The van der Waals surface area contributed by atoms with Crippen molar-refractivity contribution < 1.29 is 0 Å². The number of aromatic nitrogens is 5. The van der Waals surface area contributed by atoms with Gasteiger partial charge in [-0.2, -0.15) is 9.97 Å². The molecule has 0 unspecified atom stereocenters. The largest absolute Gasteiger partial charge is 0.383 e. The molecule has 8 heteroatoms. The molecule has 0 saturated heterocycles. The van der Waals surface area contributed by atoms with Crippen molar-refractivity contribution in [3.05, 3.63) is 60.6 Å². The molecular formula is C18H18N8. The van der Waals surface area contributed by atoms with E-state index in [0.29, 0.717) is 11.6 Å². The summed E-state index contributed by atoms with van der Waals surface area (Å²) in [4.78, 5) is 17.3. The van der Waals surface area contributed by atoms with Crippen LogP contribution < -0.4 is 16.8 Å². The number of nitrogens with one attached hydrogen (secondary N) is 1. The Morgan fingerprint density at radius 3 is 2.58 bits per heavy atom. The smallest absolute Gasteiger partial charge is 0.223 e. The molecule has 0 radical (unpaired) electrons. The molecule has 3 aromatic heterocycles. The maximum atomic E-state index is 5.75. The second-order valence-corrected chi connectivity index (χ2v) is 5.89. The average Bonchev–Trinajstić information content (AvgIpc) is 3.01. The highest BCUT2D eigenvalue weighted by Gasteiger charge is 2.19. The number of fused-ring (bicyclic) bond motifs is 1. The zero-order valence-electron chi connectivity index (χ0n) is 14.2. The van der Waals surface area contributed by atoms with Crippen LogP contribution in [0.2, 0.25) is 0 Å². The van der Waals surface area contributed by atoms with Gasteiger partial charge in [0.2, 0.25) is 5.95 Å². The molecule has 0 aliphatic rings. The first kappa shape index (κ1) is 15.8. The Balaban J connectivity index is 1.80. The summed E-state index contributed by atoms with van der Waals surface area (Å²) in [5.41, 5.74) is 14.0. The van der Waals surface area contributed by atoms with E-state index in [1.165, 1.54) is 0 Å². The minimum absolute atomic E-state index is 0.123. The molecule has 3 heterocycles. The van der Waals surface area contributed by atoms with Crippen LogP contribution in [0, 0.1) is 0 Å². The average molecular weight is 346 g/mol. The standard InChI is InChI=1S/C18H18N8/c1-11(22-15-10-14(19)24-18(20)25-15)16-23-13-8-5-9-21-17(13)26(16)12-6-3-2-4-7-12/h2-11H,1H3,(H5,19,20,22,24,25)/t11-/m0/s1. The van der Waals surface area contributed by atoms with Gasteiger partial charge >= 0.3 is 0 Å². The van der Waals surface area contributed by atoms with Gasteiger partial charge in [0.25, 0.3) is 0 Å². The summed E-state index contributed by atoms with van der Waals surface area (Å²) in [5, 5.41) is 3.29. The van der Waals surface area contributed by atoms with Gasteiger partial charge in [0, 0.05) is 18.0 Å². The van der Waals surface area contributed by atoms with E-state index in [4.69, 9.17) is 16.5 Å².